The molecule has 0 radical (unpaired) electrons. The van der Waals surface area contributed by atoms with Crippen LogP contribution in [0.2, 0.25) is 4.34 Å². The molecule has 0 aliphatic heterocycles. The molecule has 3 aromatic rings. The second-order valence-corrected chi connectivity index (χ2v) is 5.90. The van der Waals surface area contributed by atoms with Crippen molar-refractivity contribution in [3.8, 4) is 11.4 Å². The number of halogens is 1. The van der Waals surface area contributed by atoms with Gasteiger partial charge in [-0.2, -0.15) is 5.10 Å². The first-order chi connectivity index (χ1) is 9.20. The monoisotopic (exact) mass is 290 g/mol. The molecular weight excluding hydrogens is 280 g/mol. The molecule has 0 spiro atoms. The molecule has 0 fully saturated rings. The smallest absolute Gasteiger partial charge is 0.181 e. The zero-order valence-electron chi connectivity index (χ0n) is 9.95. The summed E-state index contributed by atoms with van der Waals surface area (Å²) in [5.41, 5.74) is 7.38. The number of thiophene rings is 1. The Balaban J connectivity index is 1.83. The maximum absolute atomic E-state index is 5.90. The highest BCUT2D eigenvalue weighted by molar-refractivity contribution is 7.16. The summed E-state index contributed by atoms with van der Waals surface area (Å²) in [6.07, 6.45) is 1.71. The summed E-state index contributed by atoms with van der Waals surface area (Å²) in [7, 11) is 0. The van der Waals surface area contributed by atoms with Gasteiger partial charge in [0.2, 0.25) is 0 Å². The first-order valence-electron chi connectivity index (χ1n) is 5.70. The normalized spacial score (nSPS) is 10.8. The number of nitrogens with zero attached hydrogens (tertiary/aromatic N) is 3. The lowest BCUT2D eigenvalue weighted by Crippen LogP contribution is -1.98. The molecular formula is C13H11ClN4S. The van der Waals surface area contributed by atoms with E-state index in [1.807, 2.05) is 36.4 Å². The molecule has 3 rings (SSSR count). The van der Waals surface area contributed by atoms with Crippen molar-refractivity contribution in [1.29, 1.82) is 0 Å². The average molecular weight is 291 g/mol. The predicted molar refractivity (Wildman–Crippen MR) is 78.3 cm³/mol. The van der Waals surface area contributed by atoms with Crippen molar-refractivity contribution < 1.29 is 0 Å². The van der Waals surface area contributed by atoms with E-state index in [1.54, 1.807) is 22.3 Å². The van der Waals surface area contributed by atoms with E-state index in [-0.39, 0.29) is 0 Å². The lowest BCUT2D eigenvalue weighted by atomic mass is 10.2. The van der Waals surface area contributed by atoms with Gasteiger partial charge in [0.15, 0.2) is 5.82 Å². The fraction of sp³-hybridized carbons (Fsp3) is 0.0769. The van der Waals surface area contributed by atoms with E-state index in [0.717, 1.165) is 14.8 Å². The number of benzene rings is 1. The molecule has 0 amide bonds. The van der Waals surface area contributed by atoms with Crippen LogP contribution >= 0.6 is 22.9 Å². The first kappa shape index (κ1) is 12.2. The molecule has 0 atom stereocenters. The summed E-state index contributed by atoms with van der Waals surface area (Å²) in [5.74, 6) is 0.676. The molecule has 2 N–H and O–H groups in total. The lowest BCUT2D eigenvalue weighted by Gasteiger charge is -1.98. The number of hydrogen-bond acceptors (Lipinski definition) is 4. The number of nitrogens with two attached hydrogens (primary N) is 1. The van der Waals surface area contributed by atoms with E-state index in [0.29, 0.717) is 18.1 Å². The van der Waals surface area contributed by atoms with Crippen LogP contribution in [0.15, 0.2) is 42.7 Å². The molecule has 0 unspecified atom stereocenters. The summed E-state index contributed by atoms with van der Waals surface area (Å²) in [6, 6.07) is 11.4. The largest absolute Gasteiger partial charge is 0.399 e. The Hall–Kier alpha value is -1.85. The molecule has 96 valence electrons. The van der Waals surface area contributed by atoms with Crippen molar-refractivity contribution in [3.05, 3.63) is 51.9 Å². The van der Waals surface area contributed by atoms with E-state index in [2.05, 4.69) is 10.1 Å². The van der Waals surface area contributed by atoms with Crippen LogP contribution in [0.25, 0.3) is 11.4 Å². The first-order valence-corrected chi connectivity index (χ1v) is 6.90. The average Bonchev–Trinajstić information content (AvgIpc) is 2.99. The number of nitrogen functional groups attached to an aromatic ring is 1. The number of anilines is 1. The van der Waals surface area contributed by atoms with Gasteiger partial charge in [0.05, 0.1) is 10.9 Å². The highest BCUT2D eigenvalue weighted by Gasteiger charge is 2.06. The third-order valence-corrected chi connectivity index (χ3v) is 3.84. The van der Waals surface area contributed by atoms with Crippen molar-refractivity contribution in [1.82, 2.24) is 14.8 Å². The zero-order chi connectivity index (χ0) is 13.2. The molecule has 2 aromatic heterocycles. The molecule has 0 saturated carbocycles. The van der Waals surface area contributed by atoms with Crippen LogP contribution in [-0.4, -0.2) is 14.8 Å². The molecule has 0 aliphatic rings. The standard InChI is InChI=1S/C13H11ClN4S/c14-12-5-4-11(19-12)7-18-8-16-13(17-18)9-2-1-3-10(15)6-9/h1-6,8H,7,15H2. The highest BCUT2D eigenvalue weighted by atomic mass is 35.5. The third-order valence-electron chi connectivity index (χ3n) is 2.63. The van der Waals surface area contributed by atoms with Crippen molar-refractivity contribution in [2.75, 3.05) is 5.73 Å². The molecule has 19 heavy (non-hydrogen) atoms. The van der Waals surface area contributed by atoms with E-state index >= 15 is 0 Å². The molecule has 0 bridgehead atoms. The summed E-state index contributed by atoms with van der Waals surface area (Å²) < 4.78 is 2.58. The topological polar surface area (TPSA) is 56.7 Å². The van der Waals surface area contributed by atoms with Gasteiger partial charge >= 0.3 is 0 Å². The van der Waals surface area contributed by atoms with Crippen LogP contribution in [0.3, 0.4) is 0 Å². The Morgan fingerprint density at radius 3 is 2.89 bits per heavy atom. The fourth-order valence-electron chi connectivity index (χ4n) is 1.78. The Labute approximate surface area is 119 Å². The molecule has 2 heterocycles. The number of hydrogen-bond donors (Lipinski definition) is 1. The number of rotatable bonds is 3. The molecule has 0 aliphatic carbocycles. The highest BCUT2D eigenvalue weighted by Crippen LogP contribution is 2.22. The van der Waals surface area contributed by atoms with Crippen LogP contribution in [0, 0.1) is 0 Å². The fourth-order valence-corrected chi connectivity index (χ4v) is 2.86. The predicted octanol–water partition coefficient (Wildman–Crippen LogP) is 3.29. The van der Waals surface area contributed by atoms with Crippen molar-refractivity contribution in [2.45, 2.75) is 6.54 Å². The van der Waals surface area contributed by atoms with Gasteiger partial charge in [-0.15, -0.1) is 11.3 Å². The molecule has 0 saturated heterocycles. The van der Waals surface area contributed by atoms with E-state index in [1.165, 1.54) is 0 Å². The Morgan fingerprint density at radius 1 is 1.26 bits per heavy atom. The SMILES string of the molecule is Nc1cccc(-c2ncn(Cc3ccc(Cl)s3)n2)c1. The van der Waals surface area contributed by atoms with Gasteiger partial charge in [-0.25, -0.2) is 9.67 Å². The van der Waals surface area contributed by atoms with E-state index in [9.17, 15) is 0 Å². The maximum Gasteiger partial charge on any atom is 0.181 e. The van der Waals surface area contributed by atoms with Crippen LogP contribution in [-0.2, 0) is 6.54 Å². The van der Waals surface area contributed by atoms with Crippen molar-refractivity contribution in [3.63, 3.8) is 0 Å². The molecule has 6 heteroatoms. The van der Waals surface area contributed by atoms with E-state index < -0.39 is 0 Å². The quantitative estimate of drug-likeness (QED) is 0.753. The summed E-state index contributed by atoms with van der Waals surface area (Å²) in [5, 5.41) is 4.44. The second kappa shape index (κ2) is 5.03. The Bertz CT molecular complexity index is 704. The Kier molecular flexibility index (Phi) is 3.23. The van der Waals surface area contributed by atoms with Crippen molar-refractivity contribution >= 4 is 28.6 Å². The lowest BCUT2D eigenvalue weighted by molar-refractivity contribution is 0.695. The molecule has 4 nitrogen and oxygen atoms in total. The number of aromatic nitrogens is 3. The van der Waals surface area contributed by atoms with Crippen LogP contribution in [0.5, 0.6) is 0 Å². The van der Waals surface area contributed by atoms with Crippen molar-refractivity contribution in [2.24, 2.45) is 0 Å². The molecule has 1 aromatic carbocycles. The van der Waals surface area contributed by atoms with Gasteiger partial charge in [-0.05, 0) is 24.3 Å². The minimum absolute atomic E-state index is 0.673. The maximum atomic E-state index is 5.90. The Morgan fingerprint density at radius 2 is 2.16 bits per heavy atom. The van der Waals surface area contributed by atoms with Crippen LogP contribution in [0.1, 0.15) is 4.88 Å². The minimum atomic E-state index is 0.673. The van der Waals surface area contributed by atoms with Gasteiger partial charge in [-0.1, -0.05) is 23.7 Å². The zero-order valence-corrected chi connectivity index (χ0v) is 11.5. The van der Waals surface area contributed by atoms with Gasteiger partial charge in [0.25, 0.3) is 0 Å². The van der Waals surface area contributed by atoms with Crippen LogP contribution < -0.4 is 5.73 Å². The van der Waals surface area contributed by atoms with Gasteiger partial charge in [-0.3, -0.25) is 0 Å². The van der Waals surface area contributed by atoms with Gasteiger partial charge in [0.1, 0.15) is 6.33 Å². The minimum Gasteiger partial charge on any atom is -0.399 e. The van der Waals surface area contributed by atoms with Crippen LogP contribution in [0.4, 0.5) is 5.69 Å². The summed E-state index contributed by atoms with van der Waals surface area (Å²) >= 11 is 7.45. The van der Waals surface area contributed by atoms with Gasteiger partial charge in [0, 0.05) is 16.1 Å². The second-order valence-electron chi connectivity index (χ2n) is 4.10. The van der Waals surface area contributed by atoms with E-state index in [4.69, 9.17) is 17.3 Å². The third kappa shape index (κ3) is 2.77. The summed E-state index contributed by atoms with van der Waals surface area (Å²) in [6.45, 7) is 0.673. The van der Waals surface area contributed by atoms with Gasteiger partial charge < -0.3 is 5.73 Å². The summed E-state index contributed by atoms with van der Waals surface area (Å²) in [4.78, 5) is 5.45.